The van der Waals surface area contributed by atoms with Gasteiger partial charge in [-0.05, 0) is 48.1 Å². The Labute approximate surface area is 167 Å². The molecule has 0 saturated carbocycles. The fourth-order valence-electron chi connectivity index (χ4n) is 4.28. The lowest BCUT2D eigenvalue weighted by molar-refractivity contribution is -0.0848. The van der Waals surface area contributed by atoms with Crippen LogP contribution in [0.25, 0.3) is 16.6 Å². The van der Waals surface area contributed by atoms with E-state index in [9.17, 15) is 15.3 Å². The number of fused-ring (bicyclic) bond motifs is 2. The Bertz CT molecular complexity index is 1110. The molecule has 5 rings (SSSR count). The Morgan fingerprint density at radius 3 is 2.66 bits per heavy atom. The highest BCUT2D eigenvalue weighted by Gasteiger charge is 2.47. The molecule has 3 heterocycles. The van der Waals surface area contributed by atoms with Crippen LogP contribution in [0.1, 0.15) is 41.6 Å². The lowest BCUT2D eigenvalue weighted by atomic mass is 9.85. The number of ether oxygens (including phenoxy) is 1. The van der Waals surface area contributed by atoms with Crippen molar-refractivity contribution in [2.24, 2.45) is 0 Å². The van der Waals surface area contributed by atoms with Gasteiger partial charge < -0.3 is 24.6 Å². The van der Waals surface area contributed by atoms with E-state index in [-0.39, 0.29) is 0 Å². The van der Waals surface area contributed by atoms with Crippen molar-refractivity contribution >= 4 is 16.6 Å². The maximum atomic E-state index is 10.9. The first-order chi connectivity index (χ1) is 14.0. The van der Waals surface area contributed by atoms with Crippen LogP contribution in [-0.4, -0.2) is 48.2 Å². The summed E-state index contributed by atoms with van der Waals surface area (Å²) >= 11 is 0. The molecule has 0 radical (unpaired) electrons. The third-order valence-electron chi connectivity index (χ3n) is 6.01. The van der Waals surface area contributed by atoms with Gasteiger partial charge in [-0.2, -0.15) is 0 Å². The Kier molecular flexibility index (Phi) is 4.29. The molecule has 1 aromatic carbocycles. The molecular formula is C22H23N3O4. The lowest BCUT2D eigenvalue weighted by Crippen LogP contribution is -2.35. The number of rotatable bonds is 4. The van der Waals surface area contributed by atoms with Crippen molar-refractivity contribution in [3.05, 3.63) is 65.8 Å². The van der Waals surface area contributed by atoms with Crippen molar-refractivity contribution in [1.29, 1.82) is 0 Å². The van der Waals surface area contributed by atoms with Crippen LogP contribution in [0.15, 0.2) is 43.4 Å². The van der Waals surface area contributed by atoms with E-state index in [0.717, 1.165) is 29.5 Å². The first-order valence-corrected chi connectivity index (χ1v) is 9.74. The van der Waals surface area contributed by atoms with E-state index in [4.69, 9.17) is 4.74 Å². The van der Waals surface area contributed by atoms with Crippen LogP contribution in [0.2, 0.25) is 0 Å². The maximum Gasteiger partial charge on any atom is 0.164 e. The number of allylic oxidation sites excluding steroid dienone is 1. The van der Waals surface area contributed by atoms with Gasteiger partial charge in [0.25, 0.3) is 0 Å². The van der Waals surface area contributed by atoms with Gasteiger partial charge in [-0.1, -0.05) is 24.8 Å². The molecule has 2 aromatic heterocycles. The molecule has 2 aliphatic rings. The third-order valence-corrected chi connectivity index (χ3v) is 6.01. The predicted molar refractivity (Wildman–Crippen MR) is 107 cm³/mol. The molecule has 1 fully saturated rings. The van der Waals surface area contributed by atoms with E-state index in [1.54, 1.807) is 10.8 Å². The van der Waals surface area contributed by atoms with Gasteiger partial charge in [-0.25, -0.2) is 9.97 Å². The first-order valence-electron chi connectivity index (χ1n) is 9.74. The largest absolute Gasteiger partial charge is 0.387 e. The number of hydrogen-bond acceptors (Lipinski definition) is 6. The molecule has 1 aliphatic carbocycles. The Balaban J connectivity index is 1.47. The average molecular weight is 393 g/mol. The zero-order valence-corrected chi connectivity index (χ0v) is 16.1. The van der Waals surface area contributed by atoms with Crippen molar-refractivity contribution in [3.8, 4) is 0 Å². The summed E-state index contributed by atoms with van der Waals surface area (Å²) in [6.07, 6.45) is -0.0752. The molecule has 0 unspecified atom stereocenters. The number of aryl methyl sites for hydroxylation is 2. The minimum Gasteiger partial charge on any atom is -0.387 e. The highest BCUT2D eigenvalue weighted by atomic mass is 16.6. The summed E-state index contributed by atoms with van der Waals surface area (Å²) in [6.45, 7) is 5.81. The van der Waals surface area contributed by atoms with Crippen LogP contribution in [-0.2, 0) is 17.6 Å². The van der Waals surface area contributed by atoms with Gasteiger partial charge in [-0.15, -0.1) is 0 Å². The highest BCUT2D eigenvalue weighted by Crippen LogP contribution is 2.38. The van der Waals surface area contributed by atoms with E-state index in [1.165, 1.54) is 17.5 Å². The molecule has 3 N–H and O–H groups in total. The van der Waals surface area contributed by atoms with Gasteiger partial charge in [0.15, 0.2) is 6.23 Å². The van der Waals surface area contributed by atoms with E-state index in [0.29, 0.717) is 11.2 Å². The summed E-state index contributed by atoms with van der Waals surface area (Å²) in [5.74, 6) is 0. The number of aliphatic hydroxyl groups excluding tert-OH is 3. The lowest BCUT2D eigenvalue weighted by Gasteiger charge is -2.25. The molecule has 0 spiro atoms. The second kappa shape index (κ2) is 6.74. The normalized spacial score (nSPS) is 26.9. The SMILES string of the molecule is C=C(C)c1ncnc2c1ccn2[C@@H]1O[C@H]([C@H](O)c2ccc3c(c2)CC3)[C@@H](O)[C@H]1O. The van der Waals surface area contributed by atoms with Crippen molar-refractivity contribution in [1.82, 2.24) is 14.5 Å². The van der Waals surface area contributed by atoms with Gasteiger partial charge in [0.1, 0.15) is 36.4 Å². The van der Waals surface area contributed by atoms with Crippen LogP contribution in [0.5, 0.6) is 0 Å². The predicted octanol–water partition coefficient (Wildman–Crippen LogP) is 1.92. The van der Waals surface area contributed by atoms with Crippen molar-refractivity contribution in [3.63, 3.8) is 0 Å². The Hall–Kier alpha value is -2.58. The fraction of sp³-hybridized carbons (Fsp3) is 0.364. The minimum absolute atomic E-state index is 0.574. The van der Waals surface area contributed by atoms with Crippen LogP contribution < -0.4 is 0 Å². The zero-order chi connectivity index (χ0) is 20.3. The number of aliphatic hydroxyl groups is 3. The standard InChI is InChI=1S/C22H23N3O4/c1-11(2)16-15-7-8-25(21(15)24-10-23-16)22-19(28)18(27)20(29-22)17(26)14-6-4-12-3-5-13(12)9-14/h4,6-10,17-20,22,26-28H,1,3,5H2,2H3/t17-,18+,19-,20-,22-/m1/s1. The number of hydrogen-bond donors (Lipinski definition) is 3. The average Bonchev–Trinajstić information content (AvgIpc) is 3.23. The van der Waals surface area contributed by atoms with Gasteiger partial charge in [0.05, 0.1) is 5.69 Å². The summed E-state index contributed by atoms with van der Waals surface area (Å²) in [4.78, 5) is 8.59. The van der Waals surface area contributed by atoms with E-state index in [2.05, 4.69) is 16.5 Å². The molecule has 3 aromatic rings. The molecule has 150 valence electrons. The number of benzene rings is 1. The van der Waals surface area contributed by atoms with Gasteiger partial charge in [-0.3, -0.25) is 0 Å². The number of nitrogens with zero attached hydrogens (tertiary/aromatic N) is 3. The summed E-state index contributed by atoms with van der Waals surface area (Å²) in [5.41, 5.74) is 5.29. The summed E-state index contributed by atoms with van der Waals surface area (Å²) < 4.78 is 7.64. The number of aromatic nitrogens is 3. The molecule has 0 amide bonds. The van der Waals surface area contributed by atoms with Crippen LogP contribution in [0.4, 0.5) is 0 Å². The van der Waals surface area contributed by atoms with Crippen LogP contribution in [0.3, 0.4) is 0 Å². The zero-order valence-electron chi connectivity index (χ0n) is 16.1. The molecule has 1 aliphatic heterocycles. The molecule has 7 heteroatoms. The maximum absolute atomic E-state index is 10.9. The molecule has 5 atom stereocenters. The van der Waals surface area contributed by atoms with Crippen LogP contribution in [0, 0.1) is 0 Å². The molecule has 1 saturated heterocycles. The Morgan fingerprint density at radius 1 is 1.17 bits per heavy atom. The minimum atomic E-state index is -1.24. The van der Waals surface area contributed by atoms with Crippen molar-refractivity contribution in [2.75, 3.05) is 0 Å². The molecule has 7 nitrogen and oxygen atoms in total. The molecule has 29 heavy (non-hydrogen) atoms. The summed E-state index contributed by atoms with van der Waals surface area (Å²) in [6, 6.07) is 7.65. The van der Waals surface area contributed by atoms with Gasteiger partial charge in [0, 0.05) is 11.6 Å². The summed E-state index contributed by atoms with van der Waals surface area (Å²) in [5, 5.41) is 32.9. The van der Waals surface area contributed by atoms with E-state index < -0.39 is 30.6 Å². The topological polar surface area (TPSA) is 101 Å². The van der Waals surface area contributed by atoms with E-state index in [1.807, 2.05) is 31.2 Å². The second-order valence-electron chi connectivity index (χ2n) is 7.91. The van der Waals surface area contributed by atoms with E-state index >= 15 is 0 Å². The molecular weight excluding hydrogens is 370 g/mol. The quantitative estimate of drug-likeness (QED) is 0.626. The summed E-state index contributed by atoms with van der Waals surface area (Å²) in [7, 11) is 0. The van der Waals surface area contributed by atoms with Crippen molar-refractivity contribution < 1.29 is 20.1 Å². The third kappa shape index (κ3) is 2.81. The van der Waals surface area contributed by atoms with Gasteiger partial charge in [0.2, 0.25) is 0 Å². The van der Waals surface area contributed by atoms with Crippen molar-refractivity contribution in [2.45, 2.75) is 50.4 Å². The van der Waals surface area contributed by atoms with Crippen LogP contribution >= 0.6 is 0 Å². The molecule has 0 bridgehead atoms. The second-order valence-corrected chi connectivity index (χ2v) is 7.91. The first kappa shape index (κ1) is 18.4. The smallest absolute Gasteiger partial charge is 0.164 e. The van der Waals surface area contributed by atoms with Gasteiger partial charge >= 0.3 is 0 Å². The monoisotopic (exact) mass is 393 g/mol. The fourth-order valence-corrected chi connectivity index (χ4v) is 4.28. The Morgan fingerprint density at radius 2 is 1.97 bits per heavy atom. The highest BCUT2D eigenvalue weighted by molar-refractivity contribution is 5.87.